The number of amides is 1. The van der Waals surface area contributed by atoms with Crippen molar-refractivity contribution in [3.63, 3.8) is 0 Å². The van der Waals surface area contributed by atoms with Gasteiger partial charge in [-0.25, -0.2) is 0 Å². The van der Waals surface area contributed by atoms with Gasteiger partial charge in [-0.05, 0) is 30.2 Å². The van der Waals surface area contributed by atoms with Gasteiger partial charge in [0.05, 0.1) is 11.5 Å². The number of anilines is 1. The van der Waals surface area contributed by atoms with Crippen LogP contribution in [0.1, 0.15) is 30.5 Å². The first-order valence-electron chi connectivity index (χ1n) is 8.88. The Morgan fingerprint density at radius 2 is 2.00 bits per heavy atom. The van der Waals surface area contributed by atoms with Crippen LogP contribution in [0.3, 0.4) is 0 Å². The first kappa shape index (κ1) is 17.3. The molecule has 1 amide bonds. The Morgan fingerprint density at radius 3 is 2.74 bits per heavy atom. The Balaban J connectivity index is 1.81. The number of non-ortho nitro benzene ring substituents is 1. The minimum atomic E-state index is -0.704. The van der Waals surface area contributed by atoms with Crippen LogP contribution >= 0.6 is 0 Å². The van der Waals surface area contributed by atoms with Gasteiger partial charge in [-0.2, -0.15) is 0 Å². The molecule has 0 spiro atoms. The van der Waals surface area contributed by atoms with Gasteiger partial charge >= 0.3 is 0 Å². The molecule has 6 heteroatoms. The summed E-state index contributed by atoms with van der Waals surface area (Å²) in [6.45, 7) is 6.59. The summed E-state index contributed by atoms with van der Waals surface area (Å²) in [5.41, 5.74) is 3.11. The van der Waals surface area contributed by atoms with Crippen molar-refractivity contribution in [1.29, 1.82) is 0 Å². The van der Waals surface area contributed by atoms with E-state index in [1.165, 1.54) is 23.3 Å². The molecule has 6 nitrogen and oxygen atoms in total. The molecule has 27 heavy (non-hydrogen) atoms. The maximum atomic E-state index is 12.3. The molecule has 1 N–H and O–H groups in total. The second-order valence-electron chi connectivity index (χ2n) is 7.73. The quantitative estimate of drug-likeness (QED) is 0.668. The number of fused-ring (bicyclic) bond motifs is 3. The molecule has 138 valence electrons. The third kappa shape index (κ3) is 2.44. The van der Waals surface area contributed by atoms with Crippen molar-refractivity contribution in [3.8, 4) is 0 Å². The van der Waals surface area contributed by atoms with Crippen LogP contribution in [-0.4, -0.2) is 23.0 Å². The number of benzene rings is 2. The molecule has 2 heterocycles. The minimum Gasteiger partial charge on any atom is -0.335 e. The summed E-state index contributed by atoms with van der Waals surface area (Å²) in [5, 5.41) is 14.2. The van der Waals surface area contributed by atoms with Crippen LogP contribution in [-0.2, 0) is 10.2 Å². The number of carbonyl (C=O) groups excluding carboxylic acids is 1. The van der Waals surface area contributed by atoms with E-state index in [1.54, 1.807) is 6.07 Å². The third-order valence-electron chi connectivity index (χ3n) is 5.72. The molecule has 0 bridgehead atoms. The summed E-state index contributed by atoms with van der Waals surface area (Å²) in [5.74, 6) is -0.0296. The normalized spacial score (nSPS) is 22.6. The molecule has 1 fully saturated rings. The molecular formula is C21H21N3O3. The fraction of sp³-hybridized carbons (Fsp3) is 0.286. The zero-order valence-electron chi connectivity index (χ0n) is 15.5. The second-order valence-corrected chi connectivity index (χ2v) is 7.73. The number of nitrogens with one attached hydrogen (secondary N) is 1. The van der Waals surface area contributed by atoms with E-state index in [0.29, 0.717) is 6.54 Å². The molecule has 2 aromatic carbocycles. The number of nitro groups is 1. The SMILES string of the molecule is Cc1ccc2c(c1)C(C)(C)[C@@]1(/C=C/c3cccc([N+](=O)[O-])c3)NC(=O)CN21. The van der Waals surface area contributed by atoms with E-state index in [9.17, 15) is 14.9 Å². The lowest BCUT2D eigenvalue weighted by atomic mass is 9.75. The van der Waals surface area contributed by atoms with Crippen LogP contribution in [0.2, 0.25) is 0 Å². The van der Waals surface area contributed by atoms with Crippen molar-refractivity contribution in [2.75, 3.05) is 11.4 Å². The van der Waals surface area contributed by atoms with Gasteiger partial charge in [-0.3, -0.25) is 14.9 Å². The topological polar surface area (TPSA) is 75.5 Å². The predicted octanol–water partition coefficient (Wildman–Crippen LogP) is 3.54. The lowest BCUT2D eigenvalue weighted by Crippen LogP contribution is -2.58. The number of nitro benzene ring substituents is 1. The van der Waals surface area contributed by atoms with Crippen molar-refractivity contribution < 1.29 is 9.72 Å². The number of rotatable bonds is 3. The first-order chi connectivity index (χ1) is 12.7. The van der Waals surface area contributed by atoms with Crippen molar-refractivity contribution in [2.24, 2.45) is 0 Å². The fourth-order valence-electron chi connectivity index (χ4n) is 4.25. The monoisotopic (exact) mass is 363 g/mol. The highest BCUT2D eigenvalue weighted by molar-refractivity contribution is 5.91. The number of nitrogens with zero attached hydrogens (tertiary/aromatic N) is 2. The number of aryl methyl sites for hydroxylation is 1. The molecule has 2 aliphatic rings. The summed E-state index contributed by atoms with van der Waals surface area (Å²) < 4.78 is 0. The van der Waals surface area contributed by atoms with Crippen molar-refractivity contribution >= 4 is 23.4 Å². The molecule has 0 radical (unpaired) electrons. The zero-order valence-corrected chi connectivity index (χ0v) is 15.5. The van der Waals surface area contributed by atoms with Gasteiger partial charge in [-0.15, -0.1) is 0 Å². The molecule has 0 aliphatic carbocycles. The summed E-state index contributed by atoms with van der Waals surface area (Å²) in [7, 11) is 0. The van der Waals surface area contributed by atoms with Gasteiger partial charge in [-0.1, -0.05) is 49.8 Å². The summed E-state index contributed by atoms with van der Waals surface area (Å²) in [6.07, 6.45) is 3.82. The van der Waals surface area contributed by atoms with E-state index in [1.807, 2.05) is 18.2 Å². The molecular weight excluding hydrogens is 342 g/mol. The highest BCUT2D eigenvalue weighted by atomic mass is 16.6. The molecule has 1 saturated heterocycles. The lowest BCUT2D eigenvalue weighted by Gasteiger charge is -2.40. The van der Waals surface area contributed by atoms with Crippen molar-refractivity contribution in [1.82, 2.24) is 5.32 Å². The average molecular weight is 363 g/mol. The fourth-order valence-corrected chi connectivity index (χ4v) is 4.25. The van der Waals surface area contributed by atoms with Crippen LogP contribution < -0.4 is 10.2 Å². The van der Waals surface area contributed by atoms with Crippen LogP contribution in [0.25, 0.3) is 6.08 Å². The molecule has 2 aliphatic heterocycles. The number of hydrogen-bond acceptors (Lipinski definition) is 4. The van der Waals surface area contributed by atoms with Gasteiger partial charge in [0.2, 0.25) is 5.91 Å². The van der Waals surface area contributed by atoms with E-state index < -0.39 is 10.6 Å². The Morgan fingerprint density at radius 1 is 1.22 bits per heavy atom. The smallest absolute Gasteiger partial charge is 0.270 e. The zero-order chi connectivity index (χ0) is 19.4. The molecule has 0 saturated carbocycles. The minimum absolute atomic E-state index is 0.0296. The van der Waals surface area contributed by atoms with Gasteiger partial charge in [0, 0.05) is 23.2 Å². The van der Waals surface area contributed by atoms with Crippen molar-refractivity contribution in [2.45, 2.75) is 31.8 Å². The lowest BCUT2D eigenvalue weighted by molar-refractivity contribution is -0.384. The highest BCUT2D eigenvalue weighted by Crippen LogP contribution is 2.53. The van der Waals surface area contributed by atoms with E-state index in [0.717, 1.165) is 11.3 Å². The van der Waals surface area contributed by atoms with Crippen LogP contribution in [0, 0.1) is 17.0 Å². The van der Waals surface area contributed by atoms with Crippen LogP contribution in [0.15, 0.2) is 48.5 Å². The largest absolute Gasteiger partial charge is 0.335 e. The third-order valence-corrected chi connectivity index (χ3v) is 5.72. The van der Waals surface area contributed by atoms with Gasteiger partial charge in [0.25, 0.3) is 5.69 Å². The summed E-state index contributed by atoms with van der Waals surface area (Å²) in [4.78, 5) is 25.0. The highest BCUT2D eigenvalue weighted by Gasteiger charge is 2.59. The van der Waals surface area contributed by atoms with Gasteiger partial charge in [0.15, 0.2) is 0 Å². The van der Waals surface area contributed by atoms with Gasteiger partial charge < -0.3 is 10.2 Å². The standard InChI is InChI=1S/C21H21N3O3/c1-14-7-8-18-17(11-14)20(2,3)21(22-19(25)13-23(18)21)10-9-15-5-4-6-16(12-15)24(26)27/h4-12H,13H2,1-3H3,(H,22,25)/b10-9+/t21-/m0/s1. The molecule has 2 aromatic rings. The van der Waals surface area contributed by atoms with Crippen LogP contribution in [0.4, 0.5) is 11.4 Å². The van der Waals surface area contributed by atoms with E-state index in [-0.39, 0.29) is 17.0 Å². The average Bonchev–Trinajstić information content (AvgIpc) is 3.05. The summed E-state index contributed by atoms with van der Waals surface area (Å²) in [6, 6.07) is 12.8. The van der Waals surface area contributed by atoms with E-state index >= 15 is 0 Å². The van der Waals surface area contributed by atoms with E-state index in [2.05, 4.69) is 49.2 Å². The Hall–Kier alpha value is -3.15. The molecule has 4 rings (SSSR count). The maximum absolute atomic E-state index is 12.3. The van der Waals surface area contributed by atoms with Crippen molar-refractivity contribution in [3.05, 3.63) is 75.3 Å². The van der Waals surface area contributed by atoms with E-state index in [4.69, 9.17) is 0 Å². The van der Waals surface area contributed by atoms with Gasteiger partial charge in [0.1, 0.15) is 5.66 Å². The molecule has 0 aromatic heterocycles. The predicted molar refractivity (Wildman–Crippen MR) is 105 cm³/mol. The summed E-state index contributed by atoms with van der Waals surface area (Å²) >= 11 is 0. The number of hydrogen-bond donors (Lipinski definition) is 1. The molecule has 1 atom stereocenters. The second kappa shape index (κ2) is 5.67. The number of carbonyl (C=O) groups is 1. The maximum Gasteiger partial charge on any atom is 0.270 e. The first-order valence-corrected chi connectivity index (χ1v) is 8.88. The Bertz CT molecular complexity index is 996. The Kier molecular flexibility index (Phi) is 3.63. The van der Waals surface area contributed by atoms with Crippen LogP contribution in [0.5, 0.6) is 0 Å². The molecule has 0 unspecified atom stereocenters. The Labute approximate surface area is 157 Å².